The van der Waals surface area contributed by atoms with E-state index in [-0.39, 0.29) is 5.91 Å². The molecule has 128 valence electrons. The van der Waals surface area contributed by atoms with E-state index in [1.54, 1.807) is 12.1 Å². The number of carbonyl (C=O) groups is 1. The van der Waals surface area contributed by atoms with E-state index >= 15 is 0 Å². The Kier molecular flexibility index (Phi) is 4.35. The first-order chi connectivity index (χ1) is 12.8. The topological polar surface area (TPSA) is 67.0 Å². The molecule has 0 saturated carbocycles. The maximum atomic E-state index is 12.4. The van der Waals surface area contributed by atoms with Crippen LogP contribution in [-0.4, -0.2) is 15.9 Å². The quantitative estimate of drug-likeness (QED) is 0.564. The lowest BCUT2D eigenvalue weighted by molar-refractivity contribution is 0.102. The number of para-hydroxylation sites is 3. The van der Waals surface area contributed by atoms with Crippen LogP contribution in [0.1, 0.15) is 15.9 Å². The van der Waals surface area contributed by atoms with Gasteiger partial charge in [-0.2, -0.15) is 0 Å². The molecule has 1 heterocycles. The van der Waals surface area contributed by atoms with Gasteiger partial charge in [0.25, 0.3) is 5.91 Å². The normalized spacial score (nSPS) is 10.6. The lowest BCUT2D eigenvalue weighted by Crippen LogP contribution is -2.13. The molecule has 5 heteroatoms. The highest BCUT2D eigenvalue weighted by molar-refractivity contribution is 6.03. The van der Waals surface area contributed by atoms with Crippen molar-refractivity contribution >= 4 is 22.9 Å². The van der Waals surface area contributed by atoms with Gasteiger partial charge in [0.2, 0.25) is 5.95 Å². The third kappa shape index (κ3) is 3.57. The molecule has 4 aromatic rings. The van der Waals surface area contributed by atoms with Gasteiger partial charge in [0, 0.05) is 5.56 Å². The molecule has 0 bridgehead atoms. The van der Waals surface area contributed by atoms with Gasteiger partial charge < -0.3 is 9.72 Å². The first kappa shape index (κ1) is 15.9. The Bertz CT molecular complexity index is 991. The number of anilines is 1. The summed E-state index contributed by atoms with van der Waals surface area (Å²) in [6.07, 6.45) is 0. The number of nitrogens with zero attached hydrogens (tertiary/aromatic N) is 1. The van der Waals surface area contributed by atoms with Crippen molar-refractivity contribution in [3.63, 3.8) is 0 Å². The van der Waals surface area contributed by atoms with Crippen LogP contribution < -0.4 is 10.1 Å². The standard InChI is InChI=1S/C21H17N3O2/c25-20(24-21-22-18-8-4-5-9-19(18)23-21)16-12-10-15(11-13-16)14-26-17-6-2-1-3-7-17/h1-13H,14H2,(H2,22,23,24,25). The van der Waals surface area contributed by atoms with Gasteiger partial charge in [-0.1, -0.05) is 42.5 Å². The fraction of sp³-hybridized carbons (Fsp3) is 0.0476. The minimum Gasteiger partial charge on any atom is -0.489 e. The van der Waals surface area contributed by atoms with E-state index < -0.39 is 0 Å². The molecule has 0 aliphatic rings. The van der Waals surface area contributed by atoms with Crippen molar-refractivity contribution in [3.05, 3.63) is 90.0 Å². The molecule has 0 saturated heterocycles. The van der Waals surface area contributed by atoms with E-state index in [1.165, 1.54) is 0 Å². The van der Waals surface area contributed by atoms with Gasteiger partial charge in [-0.25, -0.2) is 4.98 Å². The number of hydrogen-bond acceptors (Lipinski definition) is 3. The van der Waals surface area contributed by atoms with Crippen LogP contribution in [0.15, 0.2) is 78.9 Å². The predicted molar refractivity (Wildman–Crippen MR) is 101 cm³/mol. The van der Waals surface area contributed by atoms with E-state index in [0.29, 0.717) is 18.1 Å². The Morgan fingerprint density at radius 1 is 0.923 bits per heavy atom. The monoisotopic (exact) mass is 343 g/mol. The molecule has 3 aromatic carbocycles. The number of ether oxygens (including phenoxy) is 1. The van der Waals surface area contributed by atoms with Gasteiger partial charge in [0.05, 0.1) is 11.0 Å². The van der Waals surface area contributed by atoms with Gasteiger partial charge in [-0.15, -0.1) is 0 Å². The third-order valence-electron chi connectivity index (χ3n) is 3.99. The molecule has 0 unspecified atom stereocenters. The molecule has 0 atom stereocenters. The molecule has 0 spiro atoms. The smallest absolute Gasteiger partial charge is 0.257 e. The molecular formula is C21H17N3O2. The van der Waals surface area contributed by atoms with Gasteiger partial charge in [0.1, 0.15) is 12.4 Å². The summed E-state index contributed by atoms with van der Waals surface area (Å²) in [6.45, 7) is 0.454. The Hall–Kier alpha value is -3.60. The Balaban J connectivity index is 1.40. The van der Waals surface area contributed by atoms with Crippen molar-refractivity contribution in [2.45, 2.75) is 6.61 Å². The summed E-state index contributed by atoms with van der Waals surface area (Å²) in [5.74, 6) is 1.05. The zero-order chi connectivity index (χ0) is 17.8. The SMILES string of the molecule is O=C(Nc1nc2ccccc2[nH]1)c1ccc(COc2ccccc2)cc1. The van der Waals surface area contributed by atoms with Gasteiger partial charge in [-0.3, -0.25) is 10.1 Å². The summed E-state index contributed by atoms with van der Waals surface area (Å²) in [5, 5.41) is 2.79. The summed E-state index contributed by atoms with van der Waals surface area (Å²) >= 11 is 0. The highest BCUT2D eigenvalue weighted by atomic mass is 16.5. The van der Waals surface area contributed by atoms with Crippen LogP contribution in [0.25, 0.3) is 11.0 Å². The van der Waals surface area contributed by atoms with Gasteiger partial charge in [-0.05, 0) is 42.0 Å². The molecular weight excluding hydrogens is 326 g/mol. The van der Waals surface area contributed by atoms with Crippen molar-refractivity contribution in [1.29, 1.82) is 0 Å². The van der Waals surface area contributed by atoms with E-state index in [1.807, 2.05) is 66.7 Å². The predicted octanol–water partition coefficient (Wildman–Crippen LogP) is 4.39. The number of hydrogen-bond donors (Lipinski definition) is 2. The summed E-state index contributed by atoms with van der Waals surface area (Å²) in [4.78, 5) is 19.8. The zero-order valence-electron chi connectivity index (χ0n) is 14.0. The average molecular weight is 343 g/mol. The van der Waals surface area contributed by atoms with Crippen LogP contribution in [0.5, 0.6) is 5.75 Å². The largest absolute Gasteiger partial charge is 0.489 e. The second kappa shape index (κ2) is 7.11. The van der Waals surface area contributed by atoms with E-state index in [4.69, 9.17) is 4.74 Å². The molecule has 26 heavy (non-hydrogen) atoms. The van der Waals surface area contributed by atoms with Crippen LogP contribution in [0, 0.1) is 0 Å². The second-order valence-corrected chi connectivity index (χ2v) is 5.86. The number of nitrogens with one attached hydrogen (secondary N) is 2. The third-order valence-corrected chi connectivity index (χ3v) is 3.99. The van der Waals surface area contributed by atoms with Crippen LogP contribution in [0.2, 0.25) is 0 Å². The van der Waals surface area contributed by atoms with Crippen LogP contribution in [0.3, 0.4) is 0 Å². The van der Waals surface area contributed by atoms with Crippen molar-refractivity contribution in [1.82, 2.24) is 9.97 Å². The van der Waals surface area contributed by atoms with Gasteiger partial charge >= 0.3 is 0 Å². The summed E-state index contributed by atoms with van der Waals surface area (Å²) < 4.78 is 5.71. The lowest BCUT2D eigenvalue weighted by atomic mass is 10.1. The van der Waals surface area contributed by atoms with E-state index in [0.717, 1.165) is 22.3 Å². The first-order valence-corrected chi connectivity index (χ1v) is 8.31. The van der Waals surface area contributed by atoms with Crippen molar-refractivity contribution in [2.75, 3.05) is 5.32 Å². The molecule has 0 aliphatic carbocycles. The molecule has 0 aliphatic heterocycles. The second-order valence-electron chi connectivity index (χ2n) is 5.86. The highest BCUT2D eigenvalue weighted by Crippen LogP contribution is 2.15. The molecule has 1 amide bonds. The molecule has 1 aromatic heterocycles. The minimum absolute atomic E-state index is 0.209. The molecule has 0 radical (unpaired) electrons. The first-order valence-electron chi connectivity index (χ1n) is 8.31. The molecule has 2 N–H and O–H groups in total. The fourth-order valence-corrected chi connectivity index (χ4v) is 2.63. The zero-order valence-corrected chi connectivity index (χ0v) is 14.0. The number of carbonyl (C=O) groups excluding carboxylic acids is 1. The number of amides is 1. The minimum atomic E-state index is -0.209. The number of fused-ring (bicyclic) bond motifs is 1. The number of benzene rings is 3. The van der Waals surface area contributed by atoms with Crippen molar-refractivity contribution in [2.24, 2.45) is 0 Å². The van der Waals surface area contributed by atoms with Crippen molar-refractivity contribution in [3.8, 4) is 5.75 Å². The summed E-state index contributed by atoms with van der Waals surface area (Å²) in [6, 6.07) is 24.6. The number of aromatic nitrogens is 2. The highest BCUT2D eigenvalue weighted by Gasteiger charge is 2.09. The van der Waals surface area contributed by atoms with Crippen molar-refractivity contribution < 1.29 is 9.53 Å². The number of rotatable bonds is 5. The number of H-pyrrole nitrogens is 1. The Labute approximate surface area is 150 Å². The van der Waals surface area contributed by atoms with Crippen LogP contribution in [0.4, 0.5) is 5.95 Å². The van der Waals surface area contributed by atoms with Gasteiger partial charge in [0.15, 0.2) is 0 Å². The molecule has 5 nitrogen and oxygen atoms in total. The molecule has 4 rings (SSSR count). The molecule has 0 fully saturated rings. The Morgan fingerprint density at radius 3 is 2.42 bits per heavy atom. The van der Waals surface area contributed by atoms with Crippen LogP contribution >= 0.6 is 0 Å². The summed E-state index contributed by atoms with van der Waals surface area (Å²) in [7, 11) is 0. The number of imidazole rings is 1. The van der Waals surface area contributed by atoms with E-state index in [2.05, 4.69) is 15.3 Å². The van der Waals surface area contributed by atoms with Crippen LogP contribution in [-0.2, 0) is 6.61 Å². The summed E-state index contributed by atoms with van der Waals surface area (Å²) in [5.41, 5.74) is 3.26. The number of aromatic amines is 1. The maximum Gasteiger partial charge on any atom is 0.257 e. The maximum absolute atomic E-state index is 12.4. The fourth-order valence-electron chi connectivity index (χ4n) is 2.63. The Morgan fingerprint density at radius 2 is 1.65 bits per heavy atom. The average Bonchev–Trinajstić information content (AvgIpc) is 3.10. The van der Waals surface area contributed by atoms with E-state index in [9.17, 15) is 4.79 Å². The lowest BCUT2D eigenvalue weighted by Gasteiger charge is -2.07.